The van der Waals surface area contributed by atoms with Gasteiger partial charge >= 0.3 is 151 Å². The molecule has 0 saturated carbocycles. The third kappa shape index (κ3) is 1.64. The van der Waals surface area contributed by atoms with E-state index in [1.165, 1.54) is 45.7 Å². The first-order chi connectivity index (χ1) is 8.58. The Bertz CT molecular complexity index is 779. The topological polar surface area (TPSA) is 0 Å². The number of rotatable bonds is 0. The third-order valence-corrected chi connectivity index (χ3v) is 13.1. The molecule has 0 bridgehead atoms. The van der Waals surface area contributed by atoms with Crippen molar-refractivity contribution < 1.29 is 0 Å². The Hall–Kier alpha value is 1.40. The Morgan fingerprint density at radius 2 is 0.833 bits per heavy atom. The summed E-state index contributed by atoms with van der Waals surface area (Å²) in [5.74, 6) is 0. The molecule has 2 heterocycles. The van der Waals surface area contributed by atoms with E-state index in [1.807, 2.05) is 0 Å². The molecule has 0 fully saturated rings. The summed E-state index contributed by atoms with van der Waals surface area (Å²) in [6.07, 6.45) is 0. The Balaban J connectivity index is 2.49. The Kier molecular flexibility index (Phi) is 3.23. The van der Waals surface area contributed by atoms with Gasteiger partial charge in [0.15, 0.2) is 0 Å². The maximum absolute atomic E-state index is 3.72. The van der Waals surface area contributed by atoms with Crippen LogP contribution in [0.25, 0.3) is 27.8 Å². The van der Waals surface area contributed by atoms with Crippen molar-refractivity contribution in [3.8, 4) is 0 Å². The number of hydrogen-bond donors (Lipinski definition) is 0. The molecule has 0 nitrogen and oxygen atoms in total. The molecule has 2 aromatic heterocycles. The first kappa shape index (κ1) is 13.1. The van der Waals surface area contributed by atoms with Crippen LogP contribution in [0.3, 0.4) is 0 Å². The van der Waals surface area contributed by atoms with Gasteiger partial charge in [0.05, 0.1) is 0 Å². The van der Waals surface area contributed by atoms with Crippen LogP contribution in [0.4, 0.5) is 0 Å². The van der Waals surface area contributed by atoms with Gasteiger partial charge in [-0.1, -0.05) is 0 Å². The fourth-order valence-electron chi connectivity index (χ4n) is 2.23. The predicted molar refractivity (Wildman–Crippen MR) is 94.8 cm³/mol. The van der Waals surface area contributed by atoms with Crippen LogP contribution < -0.4 is 0 Å². The fraction of sp³-hybridized carbons (Fsp3) is 0. The van der Waals surface area contributed by atoms with Crippen LogP contribution >= 0.6 is 63.7 Å². The van der Waals surface area contributed by atoms with E-state index in [0.29, 0.717) is 29.0 Å². The van der Waals surface area contributed by atoms with Gasteiger partial charge in [-0.15, -0.1) is 0 Å². The van der Waals surface area contributed by atoms with E-state index in [1.54, 1.807) is 0 Å². The van der Waals surface area contributed by atoms with Crippen LogP contribution in [0.2, 0.25) is 0 Å². The standard InChI is InChI=1S/C12H2Br4Se2/c13-3-1-4(14)10-7-8-11(17-9(3)7)5(15)2-6(16)12(8)18-10/h1-2H. The predicted octanol–water partition coefficient (Wildman–Crippen LogP) is 5.75. The molecular weight excluding hydrogens is 622 g/mol. The van der Waals surface area contributed by atoms with Crippen LogP contribution in [0.15, 0.2) is 30.0 Å². The third-order valence-electron chi connectivity index (χ3n) is 2.94. The molecule has 0 atom stereocenters. The minimum absolute atomic E-state index is 0.406. The molecule has 0 aliphatic rings. The summed E-state index contributed by atoms with van der Waals surface area (Å²) >= 11 is 15.7. The quantitative estimate of drug-likeness (QED) is 0.219. The molecule has 0 aliphatic carbocycles. The van der Waals surface area contributed by atoms with E-state index in [4.69, 9.17) is 0 Å². The first-order valence-corrected chi connectivity index (χ1v) is 11.6. The van der Waals surface area contributed by atoms with Gasteiger partial charge in [0.1, 0.15) is 0 Å². The second-order valence-electron chi connectivity index (χ2n) is 3.95. The Morgan fingerprint density at radius 3 is 1.11 bits per heavy atom. The summed E-state index contributed by atoms with van der Waals surface area (Å²) < 4.78 is 11.0. The molecule has 18 heavy (non-hydrogen) atoms. The maximum atomic E-state index is 3.72. The molecule has 4 rings (SSSR count). The van der Waals surface area contributed by atoms with Gasteiger partial charge in [-0.2, -0.15) is 0 Å². The zero-order valence-corrected chi connectivity index (χ0v) is 18.3. The van der Waals surface area contributed by atoms with Crippen molar-refractivity contribution in [3.63, 3.8) is 0 Å². The van der Waals surface area contributed by atoms with Gasteiger partial charge in [0, 0.05) is 0 Å². The van der Waals surface area contributed by atoms with Gasteiger partial charge in [-0.3, -0.25) is 0 Å². The molecule has 2 aromatic carbocycles. The van der Waals surface area contributed by atoms with Crippen molar-refractivity contribution in [1.29, 1.82) is 0 Å². The number of hydrogen-bond acceptors (Lipinski definition) is 0. The SMILES string of the molecule is Brc1cc(Br)c2[se]c3c(Br)cc(Br)c4[se]c1c2c43. The molecule has 4 aromatic rings. The van der Waals surface area contributed by atoms with Crippen LogP contribution in [-0.4, -0.2) is 29.0 Å². The average Bonchev–Trinajstić information content (AvgIpc) is 2.84. The molecule has 90 valence electrons. The second kappa shape index (κ2) is 4.44. The van der Waals surface area contributed by atoms with Gasteiger partial charge in [0.25, 0.3) is 0 Å². The molecule has 0 saturated heterocycles. The van der Waals surface area contributed by atoms with Crippen molar-refractivity contribution in [3.05, 3.63) is 30.0 Å². The fourth-order valence-corrected chi connectivity index (χ4v) is 11.6. The van der Waals surface area contributed by atoms with Gasteiger partial charge in [0.2, 0.25) is 0 Å². The van der Waals surface area contributed by atoms with Crippen molar-refractivity contribution >= 4 is 121 Å². The molecule has 6 heteroatoms. The van der Waals surface area contributed by atoms with E-state index in [-0.39, 0.29) is 0 Å². The monoisotopic (exact) mass is 622 g/mol. The van der Waals surface area contributed by atoms with Crippen molar-refractivity contribution in [2.45, 2.75) is 0 Å². The molecular formula is C12H2Br4Se2. The van der Waals surface area contributed by atoms with Crippen molar-refractivity contribution in [2.24, 2.45) is 0 Å². The van der Waals surface area contributed by atoms with Gasteiger partial charge in [-0.25, -0.2) is 0 Å². The zero-order chi connectivity index (χ0) is 12.6. The summed E-state index contributed by atoms with van der Waals surface area (Å²) in [4.78, 5) is 0. The van der Waals surface area contributed by atoms with Crippen LogP contribution in [0.5, 0.6) is 0 Å². The molecule has 0 N–H and O–H groups in total. The summed E-state index contributed by atoms with van der Waals surface area (Å²) in [6, 6.07) is 4.43. The zero-order valence-electron chi connectivity index (χ0n) is 8.48. The summed E-state index contributed by atoms with van der Waals surface area (Å²) in [5, 5.41) is 3.01. The van der Waals surface area contributed by atoms with Crippen LogP contribution in [0, 0.1) is 0 Å². The van der Waals surface area contributed by atoms with Crippen LogP contribution in [-0.2, 0) is 0 Å². The first-order valence-electron chi connectivity index (χ1n) is 4.98. The van der Waals surface area contributed by atoms with E-state index < -0.39 is 0 Å². The van der Waals surface area contributed by atoms with Gasteiger partial charge in [-0.05, 0) is 0 Å². The van der Waals surface area contributed by atoms with Crippen molar-refractivity contribution in [2.75, 3.05) is 0 Å². The number of benzene rings is 2. The Labute approximate surface area is 148 Å². The average molecular weight is 624 g/mol. The number of halogens is 4. The molecule has 0 spiro atoms. The summed E-state index contributed by atoms with van der Waals surface area (Å²) in [7, 11) is 0. The second-order valence-corrected chi connectivity index (χ2v) is 11.7. The normalized spacial score (nSPS) is 12.4. The van der Waals surface area contributed by atoms with E-state index in [0.717, 1.165) is 0 Å². The van der Waals surface area contributed by atoms with E-state index >= 15 is 0 Å². The molecule has 0 amide bonds. The van der Waals surface area contributed by atoms with E-state index in [9.17, 15) is 0 Å². The summed E-state index contributed by atoms with van der Waals surface area (Å²) in [5.41, 5.74) is 0. The molecule has 0 radical (unpaired) electrons. The summed E-state index contributed by atoms with van der Waals surface area (Å²) in [6.45, 7) is 0. The molecule has 0 aliphatic heterocycles. The van der Waals surface area contributed by atoms with Gasteiger partial charge < -0.3 is 0 Å². The molecule has 0 unspecified atom stereocenters. The van der Waals surface area contributed by atoms with Crippen molar-refractivity contribution in [1.82, 2.24) is 0 Å². The van der Waals surface area contributed by atoms with Crippen LogP contribution in [0.1, 0.15) is 0 Å². The van der Waals surface area contributed by atoms with E-state index in [2.05, 4.69) is 75.9 Å². The minimum atomic E-state index is 0.406. The Morgan fingerprint density at radius 1 is 0.556 bits per heavy atom.